The van der Waals surface area contributed by atoms with Gasteiger partial charge in [0.25, 0.3) is 5.69 Å². The number of hydrogen-bond acceptors (Lipinski definition) is 5. The van der Waals surface area contributed by atoms with Gasteiger partial charge in [-0.2, -0.15) is 0 Å². The van der Waals surface area contributed by atoms with Crippen molar-refractivity contribution in [2.75, 3.05) is 5.32 Å². The molecule has 1 N–H and O–H groups in total. The van der Waals surface area contributed by atoms with Crippen LogP contribution in [0.3, 0.4) is 0 Å². The molecule has 3 rings (SSSR count). The van der Waals surface area contributed by atoms with E-state index in [0.29, 0.717) is 22.2 Å². The molecule has 6 nitrogen and oxygen atoms in total. The molecule has 1 aromatic heterocycles. The topological polar surface area (TPSA) is 81.0 Å². The summed E-state index contributed by atoms with van der Waals surface area (Å²) in [6.07, 6.45) is 1.59. The summed E-state index contributed by atoms with van der Waals surface area (Å²) in [5, 5.41) is 14.5. The molecule has 0 aliphatic rings. The van der Waals surface area contributed by atoms with Crippen molar-refractivity contribution in [3.63, 3.8) is 0 Å². The summed E-state index contributed by atoms with van der Waals surface area (Å²) in [4.78, 5) is 19.0. The molecule has 0 atom stereocenters. The number of hydrogen-bond donors (Lipinski definition) is 1. The maximum absolute atomic E-state index is 10.9. The Morgan fingerprint density at radius 2 is 1.91 bits per heavy atom. The van der Waals surface area contributed by atoms with E-state index in [-0.39, 0.29) is 5.69 Å². The third kappa shape index (κ3) is 3.61. The van der Waals surface area contributed by atoms with Crippen LogP contribution in [0.4, 0.5) is 17.3 Å². The molecule has 0 spiro atoms. The Kier molecular flexibility index (Phi) is 4.16. The molecule has 0 fully saturated rings. The zero-order valence-corrected chi connectivity index (χ0v) is 12.6. The second kappa shape index (κ2) is 6.41. The van der Waals surface area contributed by atoms with Crippen molar-refractivity contribution in [2.45, 2.75) is 0 Å². The molecular formula is C16H11ClN4O2. The molecule has 23 heavy (non-hydrogen) atoms. The molecule has 0 saturated heterocycles. The van der Waals surface area contributed by atoms with E-state index in [9.17, 15) is 10.1 Å². The number of rotatable bonds is 4. The van der Waals surface area contributed by atoms with Gasteiger partial charge in [0, 0.05) is 34.6 Å². The zero-order chi connectivity index (χ0) is 16.2. The van der Waals surface area contributed by atoms with Gasteiger partial charge in [0.1, 0.15) is 0 Å². The van der Waals surface area contributed by atoms with Crippen LogP contribution in [0.5, 0.6) is 0 Å². The van der Waals surface area contributed by atoms with Gasteiger partial charge in [-0.3, -0.25) is 10.1 Å². The van der Waals surface area contributed by atoms with E-state index in [2.05, 4.69) is 15.3 Å². The third-order valence-corrected chi connectivity index (χ3v) is 3.32. The summed E-state index contributed by atoms with van der Waals surface area (Å²) in [6.45, 7) is 0. The summed E-state index contributed by atoms with van der Waals surface area (Å²) < 4.78 is 0. The number of nitro groups is 1. The van der Waals surface area contributed by atoms with Crippen LogP contribution in [-0.4, -0.2) is 14.9 Å². The van der Waals surface area contributed by atoms with Crippen molar-refractivity contribution in [1.82, 2.24) is 9.97 Å². The third-order valence-electron chi connectivity index (χ3n) is 3.09. The first-order valence-electron chi connectivity index (χ1n) is 6.72. The Morgan fingerprint density at radius 1 is 1.09 bits per heavy atom. The van der Waals surface area contributed by atoms with Crippen molar-refractivity contribution in [1.29, 1.82) is 0 Å². The second-order valence-electron chi connectivity index (χ2n) is 4.71. The molecule has 2 aromatic carbocycles. The normalized spacial score (nSPS) is 10.3. The number of halogens is 1. The number of benzene rings is 2. The number of anilines is 2. The van der Waals surface area contributed by atoms with Gasteiger partial charge in [-0.25, -0.2) is 9.97 Å². The van der Waals surface area contributed by atoms with Crippen LogP contribution in [0.1, 0.15) is 0 Å². The molecule has 0 unspecified atom stereocenters. The first-order valence-corrected chi connectivity index (χ1v) is 7.10. The van der Waals surface area contributed by atoms with E-state index in [1.165, 1.54) is 12.1 Å². The highest BCUT2D eigenvalue weighted by Crippen LogP contribution is 2.24. The monoisotopic (exact) mass is 326 g/mol. The van der Waals surface area contributed by atoms with E-state index >= 15 is 0 Å². The molecule has 0 saturated carbocycles. The first kappa shape index (κ1) is 14.9. The van der Waals surface area contributed by atoms with Crippen molar-refractivity contribution < 1.29 is 4.92 Å². The first-order chi connectivity index (χ1) is 11.1. The lowest BCUT2D eigenvalue weighted by molar-refractivity contribution is -0.384. The van der Waals surface area contributed by atoms with E-state index in [4.69, 9.17) is 11.6 Å². The highest BCUT2D eigenvalue weighted by atomic mass is 35.5. The lowest BCUT2D eigenvalue weighted by Crippen LogP contribution is -1.98. The molecule has 3 aromatic rings. The number of nitrogens with one attached hydrogen (secondary N) is 1. The minimum atomic E-state index is -0.435. The largest absolute Gasteiger partial charge is 0.324 e. The van der Waals surface area contributed by atoms with E-state index in [1.807, 2.05) is 12.1 Å². The highest BCUT2D eigenvalue weighted by molar-refractivity contribution is 6.30. The van der Waals surface area contributed by atoms with Gasteiger partial charge in [0.05, 0.1) is 10.6 Å². The molecular weight excluding hydrogens is 316 g/mol. The van der Waals surface area contributed by atoms with Crippen molar-refractivity contribution in [2.24, 2.45) is 0 Å². The fraction of sp³-hybridized carbons (Fsp3) is 0. The van der Waals surface area contributed by atoms with Crippen LogP contribution >= 0.6 is 11.6 Å². The maximum Gasteiger partial charge on any atom is 0.270 e. The number of aromatic nitrogens is 2. The van der Waals surface area contributed by atoms with Crippen LogP contribution < -0.4 is 5.32 Å². The van der Waals surface area contributed by atoms with Crippen molar-refractivity contribution in [3.8, 4) is 11.3 Å². The van der Waals surface area contributed by atoms with Gasteiger partial charge in [-0.05, 0) is 24.3 Å². The Balaban J connectivity index is 1.91. The van der Waals surface area contributed by atoms with Gasteiger partial charge in [-0.1, -0.05) is 29.8 Å². The van der Waals surface area contributed by atoms with Gasteiger partial charge in [-0.15, -0.1) is 0 Å². The predicted molar refractivity (Wildman–Crippen MR) is 88.9 cm³/mol. The number of non-ortho nitro benzene ring substituents is 1. The van der Waals surface area contributed by atoms with Gasteiger partial charge in [0.15, 0.2) is 0 Å². The maximum atomic E-state index is 10.9. The zero-order valence-electron chi connectivity index (χ0n) is 11.8. The second-order valence-corrected chi connectivity index (χ2v) is 5.14. The summed E-state index contributed by atoms with van der Waals surface area (Å²) >= 11 is 5.94. The molecule has 0 radical (unpaired) electrons. The molecule has 0 bridgehead atoms. The lowest BCUT2D eigenvalue weighted by atomic mass is 10.1. The quantitative estimate of drug-likeness (QED) is 0.566. The molecule has 1 heterocycles. The lowest BCUT2D eigenvalue weighted by Gasteiger charge is -2.07. The summed E-state index contributed by atoms with van der Waals surface area (Å²) in [7, 11) is 0. The summed E-state index contributed by atoms with van der Waals surface area (Å²) in [5.41, 5.74) is 2.02. The van der Waals surface area contributed by atoms with Crippen molar-refractivity contribution in [3.05, 3.63) is 75.9 Å². The standard InChI is InChI=1S/C16H11ClN4O2/c17-12-4-2-5-13(10-12)19-16-18-8-7-15(20-16)11-3-1-6-14(9-11)21(22)23/h1-10H,(H,18,19,20). The van der Waals surface area contributed by atoms with Gasteiger partial charge in [0.2, 0.25) is 5.95 Å². The fourth-order valence-corrected chi connectivity index (χ4v) is 2.24. The Morgan fingerprint density at radius 3 is 2.70 bits per heavy atom. The smallest absolute Gasteiger partial charge is 0.270 e. The summed E-state index contributed by atoms with van der Waals surface area (Å²) in [5.74, 6) is 0.385. The fourth-order valence-electron chi connectivity index (χ4n) is 2.05. The predicted octanol–water partition coefficient (Wildman–Crippen LogP) is 4.45. The SMILES string of the molecule is O=[N+]([O-])c1cccc(-c2ccnc(Nc3cccc(Cl)c3)n2)c1. The van der Waals surface area contributed by atoms with Crippen molar-refractivity contribution >= 4 is 28.9 Å². The minimum Gasteiger partial charge on any atom is -0.324 e. The Labute approximate surface area is 136 Å². The molecule has 0 aliphatic carbocycles. The summed E-state index contributed by atoms with van der Waals surface area (Å²) in [6, 6.07) is 15.2. The average Bonchev–Trinajstić information content (AvgIpc) is 2.55. The van der Waals surface area contributed by atoms with E-state index in [1.54, 1.807) is 36.5 Å². The van der Waals surface area contributed by atoms with Crippen LogP contribution in [0.15, 0.2) is 60.8 Å². The van der Waals surface area contributed by atoms with Crippen LogP contribution in [0, 0.1) is 10.1 Å². The minimum absolute atomic E-state index is 0.0189. The van der Waals surface area contributed by atoms with Crippen LogP contribution in [0.2, 0.25) is 5.02 Å². The van der Waals surface area contributed by atoms with Crippen LogP contribution in [0.25, 0.3) is 11.3 Å². The van der Waals surface area contributed by atoms with E-state index < -0.39 is 4.92 Å². The average molecular weight is 327 g/mol. The molecule has 114 valence electrons. The highest BCUT2D eigenvalue weighted by Gasteiger charge is 2.09. The molecule has 0 amide bonds. The van der Waals surface area contributed by atoms with Gasteiger partial charge >= 0.3 is 0 Å². The van der Waals surface area contributed by atoms with E-state index in [0.717, 1.165) is 5.69 Å². The Hall–Kier alpha value is -2.99. The number of nitrogens with zero attached hydrogens (tertiary/aromatic N) is 3. The molecule has 7 heteroatoms. The van der Waals surface area contributed by atoms with Gasteiger partial charge < -0.3 is 5.32 Å². The van der Waals surface area contributed by atoms with Crippen LogP contribution in [-0.2, 0) is 0 Å². The number of nitro benzene ring substituents is 1. The molecule has 0 aliphatic heterocycles. The Bertz CT molecular complexity index is 870.